The Morgan fingerprint density at radius 1 is 0.923 bits per heavy atom. The molecule has 0 aromatic heterocycles. The molecule has 1 fully saturated rings. The van der Waals surface area contributed by atoms with Gasteiger partial charge in [0, 0.05) is 26.2 Å². The van der Waals surface area contributed by atoms with Gasteiger partial charge in [0.25, 0.3) is 0 Å². The molecule has 2 aromatic carbocycles. The second-order valence-corrected chi connectivity index (χ2v) is 6.31. The summed E-state index contributed by atoms with van der Waals surface area (Å²) in [6.07, 6.45) is 0. The van der Waals surface area contributed by atoms with Gasteiger partial charge in [-0.15, -0.1) is 0 Å². The molecule has 0 bridgehead atoms. The number of hydrogen-bond acceptors (Lipinski definition) is 4. The lowest BCUT2D eigenvalue weighted by molar-refractivity contribution is 0.197. The minimum absolute atomic E-state index is 0.0626. The normalized spacial score (nSPS) is 16.3. The molecule has 26 heavy (non-hydrogen) atoms. The highest BCUT2D eigenvalue weighted by Crippen LogP contribution is 2.35. The third-order valence-corrected chi connectivity index (χ3v) is 4.59. The Morgan fingerprint density at radius 2 is 1.54 bits per heavy atom. The second kappa shape index (κ2) is 9.01. The largest absolute Gasteiger partial charge is 0.490 e. The molecule has 3 rings (SSSR count). The van der Waals surface area contributed by atoms with Crippen LogP contribution >= 0.6 is 0 Å². The maximum atomic E-state index is 13.4. The molecule has 1 aliphatic rings. The fourth-order valence-corrected chi connectivity index (χ4v) is 3.44. The third kappa shape index (κ3) is 4.34. The predicted molar refractivity (Wildman–Crippen MR) is 101 cm³/mol. The first-order valence-corrected chi connectivity index (χ1v) is 9.32. The van der Waals surface area contributed by atoms with E-state index in [1.807, 2.05) is 32.0 Å². The molecule has 0 aliphatic carbocycles. The number of halogens is 1. The number of nitrogens with one attached hydrogen (secondary N) is 1. The van der Waals surface area contributed by atoms with Crippen LogP contribution in [0.1, 0.15) is 31.0 Å². The molecule has 4 nitrogen and oxygen atoms in total. The number of nitrogens with zero attached hydrogens (tertiary/aromatic N) is 1. The minimum atomic E-state index is -0.213. The van der Waals surface area contributed by atoms with Crippen molar-refractivity contribution in [3.8, 4) is 11.5 Å². The number of piperazine rings is 1. The van der Waals surface area contributed by atoms with Crippen molar-refractivity contribution >= 4 is 0 Å². The van der Waals surface area contributed by atoms with Gasteiger partial charge >= 0.3 is 0 Å². The first-order valence-electron chi connectivity index (χ1n) is 9.32. The quantitative estimate of drug-likeness (QED) is 0.820. The standard InChI is InChI=1S/C21H27FN2O2/c1-3-25-19-10-7-17(15-20(19)26-4-2)21(24-13-11-23-12-14-24)16-5-8-18(22)9-6-16/h5-10,15,21,23H,3-4,11-14H2,1-2H3. The highest BCUT2D eigenvalue weighted by molar-refractivity contribution is 5.46. The Morgan fingerprint density at radius 3 is 2.19 bits per heavy atom. The number of ether oxygens (including phenoxy) is 2. The van der Waals surface area contributed by atoms with Gasteiger partial charge in [-0.2, -0.15) is 0 Å². The van der Waals surface area contributed by atoms with E-state index in [0.29, 0.717) is 13.2 Å². The predicted octanol–water partition coefficient (Wildman–Crippen LogP) is 3.62. The van der Waals surface area contributed by atoms with Gasteiger partial charge in [0.05, 0.1) is 19.3 Å². The zero-order chi connectivity index (χ0) is 18.4. The van der Waals surface area contributed by atoms with Crippen LogP contribution in [0.3, 0.4) is 0 Å². The van der Waals surface area contributed by atoms with Crippen LogP contribution < -0.4 is 14.8 Å². The summed E-state index contributed by atoms with van der Waals surface area (Å²) in [4.78, 5) is 2.43. The average molecular weight is 358 g/mol. The fourth-order valence-electron chi connectivity index (χ4n) is 3.44. The van der Waals surface area contributed by atoms with Crippen molar-refractivity contribution < 1.29 is 13.9 Å². The Kier molecular flexibility index (Phi) is 6.47. The SMILES string of the molecule is CCOc1ccc(C(c2ccc(F)cc2)N2CCNCC2)cc1OCC. The molecule has 1 heterocycles. The van der Waals surface area contributed by atoms with Crippen molar-refractivity contribution in [1.82, 2.24) is 10.2 Å². The van der Waals surface area contributed by atoms with Crippen LogP contribution in [0.5, 0.6) is 11.5 Å². The lowest BCUT2D eigenvalue weighted by Gasteiger charge is -2.35. The van der Waals surface area contributed by atoms with E-state index in [9.17, 15) is 4.39 Å². The van der Waals surface area contributed by atoms with E-state index in [2.05, 4.69) is 22.3 Å². The van der Waals surface area contributed by atoms with Crippen LogP contribution in [0.2, 0.25) is 0 Å². The summed E-state index contributed by atoms with van der Waals surface area (Å²) in [5.74, 6) is 1.31. The van der Waals surface area contributed by atoms with E-state index in [1.54, 1.807) is 0 Å². The van der Waals surface area contributed by atoms with Gasteiger partial charge in [-0.3, -0.25) is 4.90 Å². The van der Waals surface area contributed by atoms with Crippen molar-refractivity contribution in [2.75, 3.05) is 39.4 Å². The van der Waals surface area contributed by atoms with E-state index in [0.717, 1.165) is 48.8 Å². The van der Waals surface area contributed by atoms with Gasteiger partial charge in [0.2, 0.25) is 0 Å². The van der Waals surface area contributed by atoms with Crippen LogP contribution in [0.4, 0.5) is 4.39 Å². The van der Waals surface area contributed by atoms with Gasteiger partial charge in [0.1, 0.15) is 5.82 Å². The Bertz CT molecular complexity index is 700. The molecule has 140 valence electrons. The smallest absolute Gasteiger partial charge is 0.161 e. The van der Waals surface area contributed by atoms with Crippen LogP contribution in [0, 0.1) is 5.82 Å². The van der Waals surface area contributed by atoms with Gasteiger partial charge in [0.15, 0.2) is 11.5 Å². The van der Waals surface area contributed by atoms with Crippen molar-refractivity contribution in [2.45, 2.75) is 19.9 Å². The summed E-state index contributed by atoms with van der Waals surface area (Å²) in [5.41, 5.74) is 2.21. The van der Waals surface area contributed by atoms with Crippen LogP contribution in [0.15, 0.2) is 42.5 Å². The fraction of sp³-hybridized carbons (Fsp3) is 0.429. The molecule has 1 atom stereocenters. The average Bonchev–Trinajstić information content (AvgIpc) is 2.67. The van der Waals surface area contributed by atoms with Crippen molar-refractivity contribution in [3.63, 3.8) is 0 Å². The summed E-state index contributed by atoms with van der Waals surface area (Å²) in [7, 11) is 0. The zero-order valence-electron chi connectivity index (χ0n) is 15.5. The molecule has 2 aromatic rings. The molecular formula is C21H27FN2O2. The van der Waals surface area contributed by atoms with E-state index in [1.165, 1.54) is 12.1 Å². The van der Waals surface area contributed by atoms with Gasteiger partial charge in [-0.25, -0.2) is 4.39 Å². The number of rotatable bonds is 7. The van der Waals surface area contributed by atoms with Crippen molar-refractivity contribution in [2.24, 2.45) is 0 Å². The van der Waals surface area contributed by atoms with Crippen molar-refractivity contribution in [3.05, 3.63) is 59.4 Å². The van der Waals surface area contributed by atoms with Gasteiger partial charge in [-0.1, -0.05) is 18.2 Å². The van der Waals surface area contributed by atoms with Crippen LogP contribution in [-0.2, 0) is 0 Å². The monoisotopic (exact) mass is 358 g/mol. The Balaban J connectivity index is 2.00. The maximum Gasteiger partial charge on any atom is 0.161 e. The summed E-state index contributed by atoms with van der Waals surface area (Å²) >= 11 is 0. The number of hydrogen-bond donors (Lipinski definition) is 1. The van der Waals surface area contributed by atoms with E-state index >= 15 is 0 Å². The molecule has 0 saturated carbocycles. The van der Waals surface area contributed by atoms with E-state index in [-0.39, 0.29) is 11.9 Å². The first-order chi connectivity index (χ1) is 12.7. The van der Waals surface area contributed by atoms with Gasteiger partial charge in [-0.05, 0) is 49.2 Å². The topological polar surface area (TPSA) is 33.7 Å². The van der Waals surface area contributed by atoms with Crippen LogP contribution in [-0.4, -0.2) is 44.3 Å². The molecule has 0 radical (unpaired) electrons. The maximum absolute atomic E-state index is 13.4. The molecule has 1 saturated heterocycles. The second-order valence-electron chi connectivity index (χ2n) is 6.31. The summed E-state index contributed by atoms with van der Waals surface area (Å²) in [5, 5.41) is 3.39. The molecule has 0 spiro atoms. The van der Waals surface area contributed by atoms with Crippen molar-refractivity contribution in [1.29, 1.82) is 0 Å². The lowest BCUT2D eigenvalue weighted by atomic mass is 9.96. The van der Waals surface area contributed by atoms with Crippen LogP contribution in [0.25, 0.3) is 0 Å². The summed E-state index contributed by atoms with van der Waals surface area (Å²) < 4.78 is 24.9. The van der Waals surface area contributed by atoms with Gasteiger partial charge < -0.3 is 14.8 Å². The third-order valence-electron chi connectivity index (χ3n) is 4.59. The summed E-state index contributed by atoms with van der Waals surface area (Å²) in [6, 6.07) is 13.0. The van der Waals surface area contributed by atoms with E-state index in [4.69, 9.17) is 9.47 Å². The highest BCUT2D eigenvalue weighted by Gasteiger charge is 2.25. The Labute approximate surface area is 154 Å². The Hall–Kier alpha value is -2.11. The molecule has 1 unspecified atom stereocenters. The highest BCUT2D eigenvalue weighted by atomic mass is 19.1. The first kappa shape index (κ1) is 18.7. The summed E-state index contributed by atoms with van der Waals surface area (Å²) in [6.45, 7) is 8.90. The zero-order valence-corrected chi connectivity index (χ0v) is 15.5. The molecule has 0 amide bonds. The molecule has 1 aliphatic heterocycles. The van der Waals surface area contributed by atoms with E-state index < -0.39 is 0 Å². The molecular weight excluding hydrogens is 331 g/mol. The lowest BCUT2D eigenvalue weighted by Crippen LogP contribution is -2.45. The number of benzene rings is 2. The molecule has 1 N–H and O–H groups in total. The molecule has 5 heteroatoms. The minimum Gasteiger partial charge on any atom is -0.490 e.